The zero-order valence-corrected chi connectivity index (χ0v) is 11.5. The van der Waals surface area contributed by atoms with Gasteiger partial charge in [0, 0.05) is 5.56 Å². The van der Waals surface area contributed by atoms with Crippen LogP contribution in [0.15, 0.2) is 11.1 Å². The van der Waals surface area contributed by atoms with Gasteiger partial charge in [0.15, 0.2) is 0 Å². The van der Waals surface area contributed by atoms with Gasteiger partial charge in [-0.1, -0.05) is 0 Å². The quantitative estimate of drug-likeness (QED) is 0.764. The summed E-state index contributed by atoms with van der Waals surface area (Å²) in [6.45, 7) is 5.95. The second kappa shape index (κ2) is 4.06. The molecule has 0 spiro atoms. The van der Waals surface area contributed by atoms with Crippen molar-refractivity contribution in [3.8, 4) is 0 Å². The summed E-state index contributed by atoms with van der Waals surface area (Å²) in [6, 6.07) is 0. The van der Waals surface area contributed by atoms with Crippen molar-refractivity contribution < 1.29 is 9.53 Å². The number of carbonyl (C=O) groups excluding carboxylic acids is 1. The number of rotatable bonds is 0. The van der Waals surface area contributed by atoms with E-state index in [1.807, 2.05) is 0 Å². The molecule has 2 aromatic rings. The predicted molar refractivity (Wildman–Crippen MR) is 69.1 cm³/mol. The van der Waals surface area contributed by atoms with E-state index in [0.717, 1.165) is 0 Å². The van der Waals surface area contributed by atoms with Gasteiger partial charge in [-0.3, -0.25) is 14.8 Å². The molecule has 0 saturated heterocycles. The van der Waals surface area contributed by atoms with Crippen LogP contribution in [0.4, 0.5) is 4.79 Å². The maximum Gasteiger partial charge on any atom is 0.410 e. The summed E-state index contributed by atoms with van der Waals surface area (Å²) in [7, 11) is 0. The second-order valence-corrected chi connectivity index (χ2v) is 5.76. The lowest BCUT2D eigenvalue weighted by Crippen LogP contribution is -2.33. The van der Waals surface area contributed by atoms with Crippen molar-refractivity contribution in [2.45, 2.75) is 39.5 Å². The highest BCUT2D eigenvalue weighted by atomic mass is 16.6. The molecule has 0 aliphatic carbocycles. The Balaban J connectivity index is 1.91. The molecule has 0 unspecified atom stereocenters. The molecule has 1 N–H and O–H groups in total. The monoisotopic (exact) mass is 277 g/mol. The minimum absolute atomic E-state index is 0.206. The zero-order valence-electron chi connectivity index (χ0n) is 11.5. The third-order valence-corrected chi connectivity index (χ3v) is 2.99. The van der Waals surface area contributed by atoms with Crippen LogP contribution in [-0.2, 0) is 17.8 Å². The van der Waals surface area contributed by atoms with Crippen molar-refractivity contribution in [1.29, 1.82) is 0 Å². The Morgan fingerprint density at radius 1 is 1.40 bits per heavy atom. The number of fused-ring (bicyclic) bond motifs is 2. The van der Waals surface area contributed by atoms with Crippen LogP contribution in [0.5, 0.6) is 0 Å². The first kappa shape index (κ1) is 12.6. The fraction of sp³-hybridized carbons (Fsp3) is 0.500. The Labute approximate surface area is 114 Å². The van der Waals surface area contributed by atoms with Crippen LogP contribution < -0.4 is 5.43 Å². The van der Waals surface area contributed by atoms with Gasteiger partial charge in [0.2, 0.25) is 11.1 Å². The van der Waals surface area contributed by atoms with E-state index in [9.17, 15) is 9.59 Å². The number of aromatic nitrogens is 4. The number of hydrogen-bond acceptors (Lipinski definition) is 5. The van der Waals surface area contributed by atoms with Crippen LogP contribution in [0.2, 0.25) is 0 Å². The van der Waals surface area contributed by atoms with E-state index in [1.165, 1.54) is 15.7 Å². The summed E-state index contributed by atoms with van der Waals surface area (Å²) in [6.07, 6.45) is 0.991. The molecule has 106 valence electrons. The SMILES string of the molecule is CC(C)(C)OC(=O)N1Cc2[nH]n3cnnc3c(=O)c2C1. The van der Waals surface area contributed by atoms with Crippen molar-refractivity contribution in [2.24, 2.45) is 0 Å². The molecule has 0 bridgehead atoms. The average Bonchev–Trinajstić information content (AvgIpc) is 2.92. The van der Waals surface area contributed by atoms with Crippen LogP contribution in [0.3, 0.4) is 0 Å². The molecule has 1 aliphatic heterocycles. The number of nitrogens with one attached hydrogen (secondary N) is 1. The molecule has 0 atom stereocenters. The number of H-pyrrole nitrogens is 1. The molecule has 20 heavy (non-hydrogen) atoms. The van der Waals surface area contributed by atoms with Crippen molar-refractivity contribution in [1.82, 2.24) is 24.7 Å². The third kappa shape index (κ3) is 2.02. The molecule has 3 heterocycles. The van der Waals surface area contributed by atoms with Crippen molar-refractivity contribution in [3.05, 3.63) is 27.8 Å². The van der Waals surface area contributed by atoms with Gasteiger partial charge in [0.1, 0.15) is 11.9 Å². The Kier molecular flexibility index (Phi) is 2.56. The largest absolute Gasteiger partial charge is 0.444 e. The van der Waals surface area contributed by atoms with Crippen LogP contribution in [0.1, 0.15) is 32.0 Å². The molecule has 1 amide bonds. The highest BCUT2D eigenvalue weighted by Crippen LogP contribution is 2.20. The number of ether oxygens (including phenoxy) is 1. The van der Waals surface area contributed by atoms with E-state index in [0.29, 0.717) is 17.8 Å². The minimum Gasteiger partial charge on any atom is -0.444 e. The molecule has 3 rings (SSSR count). The fourth-order valence-electron chi connectivity index (χ4n) is 2.15. The molecule has 1 aliphatic rings. The third-order valence-electron chi connectivity index (χ3n) is 2.99. The first-order chi connectivity index (χ1) is 9.35. The lowest BCUT2D eigenvalue weighted by Gasteiger charge is -2.23. The van der Waals surface area contributed by atoms with Crippen molar-refractivity contribution in [2.75, 3.05) is 0 Å². The molecule has 8 nitrogen and oxygen atoms in total. The summed E-state index contributed by atoms with van der Waals surface area (Å²) < 4.78 is 6.77. The van der Waals surface area contributed by atoms with Gasteiger partial charge < -0.3 is 4.74 Å². The molecule has 0 aromatic carbocycles. The average molecular weight is 277 g/mol. The second-order valence-electron chi connectivity index (χ2n) is 5.76. The predicted octanol–water partition coefficient (Wildman–Crippen LogP) is 0.668. The van der Waals surface area contributed by atoms with Crippen molar-refractivity contribution in [3.63, 3.8) is 0 Å². The maximum absolute atomic E-state index is 12.2. The lowest BCUT2D eigenvalue weighted by atomic mass is 10.2. The van der Waals surface area contributed by atoms with Crippen LogP contribution in [-0.4, -0.2) is 36.4 Å². The van der Waals surface area contributed by atoms with E-state index >= 15 is 0 Å². The Bertz CT molecular complexity index is 740. The fourth-order valence-corrected chi connectivity index (χ4v) is 2.15. The van der Waals surface area contributed by atoms with E-state index in [4.69, 9.17) is 4.74 Å². The molecule has 0 fully saturated rings. The molecule has 0 radical (unpaired) electrons. The Hall–Kier alpha value is -2.38. The number of aromatic amines is 1. The molecule has 8 heteroatoms. The molecular weight excluding hydrogens is 262 g/mol. The van der Waals surface area contributed by atoms with E-state index in [2.05, 4.69) is 15.3 Å². The summed E-state index contributed by atoms with van der Waals surface area (Å²) in [4.78, 5) is 25.7. The number of nitrogens with zero attached hydrogens (tertiary/aromatic N) is 4. The Morgan fingerprint density at radius 2 is 2.15 bits per heavy atom. The van der Waals surface area contributed by atoms with Crippen LogP contribution in [0.25, 0.3) is 5.65 Å². The maximum atomic E-state index is 12.2. The van der Waals surface area contributed by atoms with Gasteiger partial charge >= 0.3 is 6.09 Å². The van der Waals surface area contributed by atoms with Gasteiger partial charge in [-0.25, -0.2) is 9.31 Å². The standard InChI is InChI=1S/C12H15N5O3/c1-12(2,3)20-11(19)16-4-7-8(5-16)15-17-6-13-14-10(17)9(7)18/h6,15H,4-5H2,1-3H3. The molecular formula is C12H15N5O3. The van der Waals surface area contributed by atoms with E-state index in [1.54, 1.807) is 20.8 Å². The van der Waals surface area contributed by atoms with Crippen LogP contribution >= 0.6 is 0 Å². The lowest BCUT2D eigenvalue weighted by molar-refractivity contribution is 0.0240. The highest BCUT2D eigenvalue weighted by molar-refractivity contribution is 5.69. The van der Waals surface area contributed by atoms with Gasteiger partial charge in [-0.2, -0.15) is 0 Å². The Morgan fingerprint density at radius 3 is 2.85 bits per heavy atom. The van der Waals surface area contributed by atoms with E-state index in [-0.39, 0.29) is 17.6 Å². The topological polar surface area (TPSA) is 92.6 Å². The summed E-state index contributed by atoms with van der Waals surface area (Å²) >= 11 is 0. The molecule has 0 saturated carbocycles. The normalized spacial score (nSPS) is 14.7. The first-order valence-electron chi connectivity index (χ1n) is 6.27. The van der Waals surface area contributed by atoms with Crippen LogP contribution in [0, 0.1) is 0 Å². The van der Waals surface area contributed by atoms with Gasteiger partial charge in [0.25, 0.3) is 0 Å². The smallest absolute Gasteiger partial charge is 0.410 e. The van der Waals surface area contributed by atoms with Gasteiger partial charge in [-0.05, 0) is 20.8 Å². The zero-order chi connectivity index (χ0) is 14.5. The number of hydrogen-bond donors (Lipinski definition) is 1. The van der Waals surface area contributed by atoms with Gasteiger partial charge in [0.05, 0.1) is 18.8 Å². The number of amides is 1. The van der Waals surface area contributed by atoms with Crippen molar-refractivity contribution >= 4 is 11.7 Å². The van der Waals surface area contributed by atoms with Gasteiger partial charge in [-0.15, -0.1) is 10.2 Å². The van der Waals surface area contributed by atoms with E-state index < -0.39 is 11.7 Å². The highest BCUT2D eigenvalue weighted by Gasteiger charge is 2.30. The summed E-state index contributed by atoms with van der Waals surface area (Å²) in [5, 5.41) is 10.5. The first-order valence-corrected chi connectivity index (χ1v) is 6.27. The summed E-state index contributed by atoms with van der Waals surface area (Å²) in [5.74, 6) is 0. The molecule has 2 aromatic heterocycles. The summed E-state index contributed by atoms with van der Waals surface area (Å²) in [5.41, 5.74) is 0.690. The number of carbonyl (C=O) groups is 1. The minimum atomic E-state index is -0.561.